The van der Waals surface area contributed by atoms with Crippen LogP contribution in [0.25, 0.3) is 22.0 Å². The predicted octanol–water partition coefficient (Wildman–Crippen LogP) is 4.32. The Kier molecular flexibility index (Phi) is 4.33. The number of alkyl halides is 3. The van der Waals surface area contributed by atoms with Crippen LogP contribution >= 0.6 is 0 Å². The first kappa shape index (κ1) is 18.1. The number of anilines is 1. The van der Waals surface area contributed by atoms with E-state index >= 15 is 0 Å². The number of benzene rings is 2. The van der Waals surface area contributed by atoms with E-state index in [1.807, 2.05) is 17.0 Å². The molecule has 144 valence electrons. The number of pyridine rings is 1. The van der Waals surface area contributed by atoms with Gasteiger partial charge in [0.15, 0.2) is 0 Å². The minimum absolute atomic E-state index is 0.316. The summed E-state index contributed by atoms with van der Waals surface area (Å²) in [4.78, 5) is 17.2. The maximum absolute atomic E-state index is 12.7. The van der Waals surface area contributed by atoms with Gasteiger partial charge in [-0.15, -0.1) is 13.2 Å². The molecule has 0 atom stereocenters. The van der Waals surface area contributed by atoms with Gasteiger partial charge >= 0.3 is 12.3 Å². The third-order valence-corrected chi connectivity index (χ3v) is 4.67. The number of carbonyl (C=O) groups is 1. The lowest BCUT2D eigenvalue weighted by molar-refractivity contribution is -0.274. The van der Waals surface area contributed by atoms with Crippen LogP contribution in [0.5, 0.6) is 5.75 Å². The van der Waals surface area contributed by atoms with Gasteiger partial charge < -0.3 is 14.7 Å². The van der Waals surface area contributed by atoms with Crippen molar-refractivity contribution < 1.29 is 27.8 Å². The van der Waals surface area contributed by atoms with Gasteiger partial charge in [-0.25, -0.2) is 0 Å². The smallest absolute Gasteiger partial charge is 0.481 e. The van der Waals surface area contributed by atoms with Crippen molar-refractivity contribution >= 4 is 22.6 Å². The summed E-state index contributed by atoms with van der Waals surface area (Å²) in [6, 6.07) is 13.2. The van der Waals surface area contributed by atoms with E-state index in [2.05, 4.69) is 9.72 Å². The number of fused-ring (bicyclic) bond motifs is 1. The Morgan fingerprint density at radius 2 is 1.93 bits per heavy atom. The molecule has 2 heterocycles. The van der Waals surface area contributed by atoms with Gasteiger partial charge in [-0.3, -0.25) is 9.78 Å². The second kappa shape index (κ2) is 6.70. The van der Waals surface area contributed by atoms with Crippen molar-refractivity contribution in [3.05, 3.63) is 54.7 Å². The van der Waals surface area contributed by atoms with Gasteiger partial charge in [0.05, 0.1) is 11.4 Å². The number of hydrogen-bond acceptors (Lipinski definition) is 4. The molecule has 0 aliphatic carbocycles. The fraction of sp³-hybridized carbons (Fsp3) is 0.200. The fourth-order valence-corrected chi connectivity index (χ4v) is 3.29. The van der Waals surface area contributed by atoms with E-state index < -0.39 is 18.2 Å². The monoisotopic (exact) mass is 388 g/mol. The molecule has 1 saturated heterocycles. The molecule has 3 aromatic rings. The van der Waals surface area contributed by atoms with Gasteiger partial charge in [0, 0.05) is 35.9 Å². The zero-order valence-corrected chi connectivity index (χ0v) is 14.5. The maximum Gasteiger partial charge on any atom is 0.573 e. The van der Waals surface area contributed by atoms with Gasteiger partial charge in [-0.1, -0.05) is 18.2 Å². The van der Waals surface area contributed by atoms with Crippen molar-refractivity contribution in [2.24, 2.45) is 5.92 Å². The van der Waals surface area contributed by atoms with Crippen LogP contribution in [0.3, 0.4) is 0 Å². The molecule has 0 amide bonds. The Labute approximate surface area is 158 Å². The Bertz CT molecular complexity index is 1050. The standard InChI is InChI=1S/C20H15F3N2O3/c21-20(22,23)28-16-8-13-4-2-6-24-18(13)17(9-16)12-3-1-5-15(7-12)25-10-14(11-25)19(26)27/h1-9,14H,10-11H2,(H,26,27). The summed E-state index contributed by atoms with van der Waals surface area (Å²) in [5.41, 5.74) is 2.55. The molecule has 0 spiro atoms. The summed E-state index contributed by atoms with van der Waals surface area (Å²) in [5, 5.41) is 9.56. The molecule has 2 aromatic carbocycles. The average molecular weight is 388 g/mol. The molecule has 0 unspecified atom stereocenters. The van der Waals surface area contributed by atoms with Gasteiger partial charge in [0.1, 0.15) is 5.75 Å². The van der Waals surface area contributed by atoms with Gasteiger partial charge in [0.2, 0.25) is 0 Å². The highest BCUT2D eigenvalue weighted by atomic mass is 19.4. The van der Waals surface area contributed by atoms with Crippen LogP contribution in [0.1, 0.15) is 0 Å². The third-order valence-electron chi connectivity index (χ3n) is 4.67. The molecule has 1 aromatic heterocycles. The SMILES string of the molecule is O=C(O)C1CN(c2cccc(-c3cc(OC(F)(F)F)cc4cccnc34)c2)C1. The van der Waals surface area contributed by atoms with Crippen molar-refractivity contribution in [3.8, 4) is 16.9 Å². The fourth-order valence-electron chi connectivity index (χ4n) is 3.29. The summed E-state index contributed by atoms with van der Waals surface area (Å²) in [5.74, 6) is -1.56. The zero-order chi connectivity index (χ0) is 19.9. The number of halogens is 3. The van der Waals surface area contributed by atoms with Crippen molar-refractivity contribution in [2.75, 3.05) is 18.0 Å². The lowest BCUT2D eigenvalue weighted by Crippen LogP contribution is -2.50. The first-order valence-corrected chi connectivity index (χ1v) is 8.53. The predicted molar refractivity (Wildman–Crippen MR) is 97.2 cm³/mol. The second-order valence-corrected chi connectivity index (χ2v) is 6.58. The molecule has 0 bridgehead atoms. The number of hydrogen-bond donors (Lipinski definition) is 1. The number of carboxylic acids is 1. The Morgan fingerprint density at radius 1 is 1.14 bits per heavy atom. The molecule has 8 heteroatoms. The molecule has 0 saturated carbocycles. The second-order valence-electron chi connectivity index (χ2n) is 6.58. The minimum Gasteiger partial charge on any atom is -0.481 e. The lowest BCUT2D eigenvalue weighted by Gasteiger charge is -2.38. The molecule has 5 nitrogen and oxygen atoms in total. The Balaban J connectivity index is 1.74. The van der Waals surface area contributed by atoms with Crippen LogP contribution in [-0.2, 0) is 4.79 Å². The van der Waals surface area contributed by atoms with Gasteiger partial charge in [-0.2, -0.15) is 0 Å². The first-order valence-electron chi connectivity index (χ1n) is 8.53. The number of nitrogens with zero attached hydrogens (tertiary/aromatic N) is 2. The number of carboxylic acid groups (broad SMARTS) is 1. The molecular formula is C20H15F3N2O3. The largest absolute Gasteiger partial charge is 0.573 e. The van der Waals surface area contributed by atoms with Crippen LogP contribution in [0, 0.1) is 5.92 Å². The van der Waals surface area contributed by atoms with Crippen LogP contribution in [0.2, 0.25) is 0 Å². The zero-order valence-electron chi connectivity index (χ0n) is 14.5. The summed E-state index contributed by atoms with van der Waals surface area (Å²) in [7, 11) is 0. The van der Waals surface area contributed by atoms with E-state index in [1.165, 1.54) is 12.1 Å². The molecule has 1 aliphatic heterocycles. The Hall–Kier alpha value is -3.29. The van der Waals surface area contributed by atoms with E-state index in [4.69, 9.17) is 5.11 Å². The third kappa shape index (κ3) is 3.58. The minimum atomic E-state index is -4.79. The maximum atomic E-state index is 12.7. The molecule has 0 radical (unpaired) electrons. The van der Waals surface area contributed by atoms with Gasteiger partial charge in [0.25, 0.3) is 0 Å². The van der Waals surface area contributed by atoms with E-state index in [-0.39, 0.29) is 5.75 Å². The van der Waals surface area contributed by atoms with Crippen molar-refractivity contribution in [2.45, 2.75) is 6.36 Å². The molecule has 28 heavy (non-hydrogen) atoms. The average Bonchev–Trinajstić information content (AvgIpc) is 2.58. The normalized spacial score (nSPS) is 14.8. The highest BCUT2D eigenvalue weighted by Gasteiger charge is 2.33. The topological polar surface area (TPSA) is 62.7 Å². The van der Waals surface area contributed by atoms with E-state index in [1.54, 1.807) is 30.5 Å². The number of aliphatic carboxylic acids is 1. The molecule has 4 rings (SSSR count). The van der Waals surface area contributed by atoms with Gasteiger partial charge in [-0.05, 0) is 35.9 Å². The van der Waals surface area contributed by atoms with Crippen molar-refractivity contribution in [3.63, 3.8) is 0 Å². The van der Waals surface area contributed by atoms with E-state index in [0.717, 1.165) is 5.69 Å². The quantitative estimate of drug-likeness (QED) is 0.721. The first-order chi connectivity index (χ1) is 13.3. The van der Waals surface area contributed by atoms with Crippen LogP contribution in [0.4, 0.5) is 18.9 Å². The summed E-state index contributed by atoms with van der Waals surface area (Å²) in [6.07, 6.45) is -3.22. The van der Waals surface area contributed by atoms with Crippen molar-refractivity contribution in [1.82, 2.24) is 4.98 Å². The molecule has 1 fully saturated rings. The van der Waals surface area contributed by atoms with Crippen LogP contribution < -0.4 is 9.64 Å². The van der Waals surface area contributed by atoms with E-state index in [9.17, 15) is 18.0 Å². The number of rotatable bonds is 4. The molecular weight excluding hydrogens is 373 g/mol. The van der Waals surface area contributed by atoms with Crippen molar-refractivity contribution in [1.29, 1.82) is 0 Å². The summed E-state index contributed by atoms with van der Waals surface area (Å²) < 4.78 is 42.2. The summed E-state index contributed by atoms with van der Waals surface area (Å²) >= 11 is 0. The summed E-state index contributed by atoms with van der Waals surface area (Å²) in [6.45, 7) is 0.796. The van der Waals surface area contributed by atoms with E-state index in [0.29, 0.717) is 35.1 Å². The molecule has 1 N–H and O–H groups in total. The lowest BCUT2D eigenvalue weighted by atomic mass is 9.97. The highest BCUT2D eigenvalue weighted by Crippen LogP contribution is 2.36. The number of ether oxygens (including phenoxy) is 1. The number of aromatic nitrogens is 1. The molecule has 1 aliphatic rings. The Morgan fingerprint density at radius 3 is 2.64 bits per heavy atom. The van der Waals surface area contributed by atoms with Crippen LogP contribution in [0.15, 0.2) is 54.7 Å². The van der Waals surface area contributed by atoms with Crippen LogP contribution in [-0.4, -0.2) is 35.5 Å². The highest BCUT2D eigenvalue weighted by molar-refractivity contribution is 5.95.